The van der Waals surface area contributed by atoms with Crippen molar-refractivity contribution in [1.82, 2.24) is 4.90 Å². The summed E-state index contributed by atoms with van der Waals surface area (Å²) in [6, 6.07) is 3.16. The molecule has 10 heteroatoms. The molecule has 0 unspecified atom stereocenters. The zero-order valence-electron chi connectivity index (χ0n) is 18.9. The Morgan fingerprint density at radius 1 is 1.09 bits per heavy atom. The third-order valence-corrected chi connectivity index (χ3v) is 6.11. The molecule has 4 atom stereocenters. The van der Waals surface area contributed by atoms with Gasteiger partial charge in [-0.2, -0.15) is 5.26 Å². The highest BCUT2D eigenvalue weighted by Gasteiger charge is 2.66. The molecule has 1 amide bonds. The summed E-state index contributed by atoms with van der Waals surface area (Å²) in [5, 5.41) is 10.4. The summed E-state index contributed by atoms with van der Waals surface area (Å²) in [6.07, 6.45) is 4.52. The molecule has 33 heavy (non-hydrogen) atoms. The molecule has 2 heterocycles. The minimum absolute atomic E-state index is 0.246. The van der Waals surface area contributed by atoms with E-state index < -0.39 is 35.3 Å². The summed E-state index contributed by atoms with van der Waals surface area (Å²) in [4.78, 5) is 39.4. The number of nitriles is 1. The van der Waals surface area contributed by atoms with Gasteiger partial charge in [0.1, 0.15) is 6.04 Å². The van der Waals surface area contributed by atoms with Crippen molar-refractivity contribution in [2.45, 2.75) is 24.9 Å². The summed E-state index contributed by atoms with van der Waals surface area (Å²) in [5.41, 5.74) is 4.62. The van der Waals surface area contributed by atoms with Crippen molar-refractivity contribution in [2.75, 3.05) is 28.4 Å². The number of methoxy groups -OCH3 is 4. The number of carbonyl (C=O) groups is 3. The predicted molar refractivity (Wildman–Crippen MR) is 115 cm³/mol. The van der Waals surface area contributed by atoms with Gasteiger partial charge in [0, 0.05) is 17.7 Å². The molecule has 2 aliphatic rings. The van der Waals surface area contributed by atoms with E-state index in [4.69, 9.17) is 24.7 Å². The highest BCUT2D eigenvalue weighted by Crippen LogP contribution is 2.55. The van der Waals surface area contributed by atoms with E-state index in [0.29, 0.717) is 16.9 Å². The van der Waals surface area contributed by atoms with Crippen molar-refractivity contribution in [3.05, 3.63) is 41.6 Å². The number of fused-ring (bicyclic) bond motifs is 1. The maximum absolute atomic E-state index is 13.2. The first kappa shape index (κ1) is 23.7. The number of nitrogens with zero attached hydrogens (tertiary/aromatic N) is 2. The largest absolute Gasteiger partial charge is 0.493 e. The Morgan fingerprint density at radius 2 is 1.70 bits per heavy atom. The fourth-order valence-corrected chi connectivity index (χ4v) is 4.67. The van der Waals surface area contributed by atoms with Crippen LogP contribution in [0.25, 0.3) is 0 Å². The zero-order valence-corrected chi connectivity index (χ0v) is 18.9. The molecule has 174 valence electrons. The predicted octanol–water partition coefficient (Wildman–Crippen LogP) is 1.06. The standard InChI is InChI=1S/C23H25N3O7/c1-12(27)13-6-7-17-23(11-24,22(29)33-5)18(19(21(25)28)26(17)10-13)14-8-15(30-2)20(32-4)16(9-14)31-3/h6-10,17-19H,1-5H3,(H2,25,28)/t17-,18-,19+,23+/m1/s1. The molecular weight excluding hydrogens is 430 g/mol. The number of primary amides is 1. The van der Waals surface area contributed by atoms with Gasteiger partial charge in [-0.1, -0.05) is 12.2 Å². The van der Waals surface area contributed by atoms with E-state index in [1.54, 1.807) is 18.2 Å². The summed E-state index contributed by atoms with van der Waals surface area (Å²) in [6.45, 7) is 1.38. The summed E-state index contributed by atoms with van der Waals surface area (Å²) < 4.78 is 21.3. The third kappa shape index (κ3) is 3.46. The van der Waals surface area contributed by atoms with E-state index in [-0.39, 0.29) is 17.3 Å². The third-order valence-electron chi connectivity index (χ3n) is 6.11. The first-order chi connectivity index (χ1) is 15.7. The SMILES string of the molecule is COC(=O)[C@]1(C#N)[C@H](c2cc(OC)c(OC)c(OC)c2)[C@@H](C(N)=O)N2C=C(C(C)=O)C=C[C@@H]21. The van der Waals surface area contributed by atoms with Crippen LogP contribution in [0.3, 0.4) is 0 Å². The van der Waals surface area contributed by atoms with Crippen molar-refractivity contribution < 1.29 is 33.3 Å². The first-order valence-electron chi connectivity index (χ1n) is 9.99. The Kier molecular flexibility index (Phi) is 6.35. The van der Waals surface area contributed by atoms with Crippen LogP contribution >= 0.6 is 0 Å². The molecule has 0 radical (unpaired) electrons. The van der Waals surface area contributed by atoms with Gasteiger partial charge >= 0.3 is 5.97 Å². The fraction of sp³-hybridized carbons (Fsp3) is 0.391. The molecule has 2 N–H and O–H groups in total. The zero-order chi connectivity index (χ0) is 24.5. The Bertz CT molecular complexity index is 1080. The topological polar surface area (TPSA) is 141 Å². The number of benzene rings is 1. The van der Waals surface area contributed by atoms with Crippen LogP contribution in [0.5, 0.6) is 17.2 Å². The molecule has 0 bridgehead atoms. The number of ketones is 1. The van der Waals surface area contributed by atoms with Gasteiger partial charge in [0.25, 0.3) is 0 Å². The summed E-state index contributed by atoms with van der Waals surface area (Å²) in [7, 11) is 5.45. The normalized spacial score (nSPS) is 25.4. The van der Waals surface area contributed by atoms with Crippen LogP contribution in [-0.4, -0.2) is 63.1 Å². The average molecular weight is 455 g/mol. The van der Waals surface area contributed by atoms with Crippen LogP contribution in [-0.2, 0) is 19.1 Å². The molecule has 1 saturated heterocycles. The van der Waals surface area contributed by atoms with Crippen LogP contribution in [0.4, 0.5) is 0 Å². The molecule has 2 aliphatic heterocycles. The second-order valence-electron chi connectivity index (χ2n) is 7.65. The van der Waals surface area contributed by atoms with Crippen molar-refractivity contribution in [3.63, 3.8) is 0 Å². The lowest BCUT2D eigenvalue weighted by atomic mass is 9.68. The van der Waals surface area contributed by atoms with Gasteiger partial charge in [0.05, 0.1) is 40.6 Å². The number of esters is 1. The molecule has 0 aromatic heterocycles. The van der Waals surface area contributed by atoms with Gasteiger partial charge < -0.3 is 29.6 Å². The number of allylic oxidation sites excluding steroid dienone is 2. The van der Waals surface area contributed by atoms with Crippen molar-refractivity contribution in [1.29, 1.82) is 5.26 Å². The molecule has 1 aromatic carbocycles. The van der Waals surface area contributed by atoms with Crippen molar-refractivity contribution >= 4 is 17.7 Å². The molecule has 10 nitrogen and oxygen atoms in total. The summed E-state index contributed by atoms with van der Waals surface area (Å²) in [5.74, 6) is -2.11. The van der Waals surface area contributed by atoms with Gasteiger partial charge in [-0.05, 0) is 24.6 Å². The van der Waals surface area contributed by atoms with Crippen LogP contribution in [0, 0.1) is 16.7 Å². The number of rotatable bonds is 7. The van der Waals surface area contributed by atoms with E-state index in [9.17, 15) is 19.6 Å². The number of nitrogens with two attached hydrogens (primary N) is 1. The second-order valence-corrected chi connectivity index (χ2v) is 7.65. The molecule has 1 fully saturated rings. The smallest absolute Gasteiger partial charge is 0.329 e. The minimum atomic E-state index is -1.87. The number of hydrogen-bond acceptors (Lipinski definition) is 9. The molecule has 3 rings (SSSR count). The van der Waals surface area contributed by atoms with Gasteiger partial charge in [-0.25, -0.2) is 0 Å². The molecule has 0 spiro atoms. The molecule has 0 saturated carbocycles. The molecule has 0 aliphatic carbocycles. The van der Waals surface area contributed by atoms with Crippen LogP contribution in [0.1, 0.15) is 18.4 Å². The molecule has 1 aromatic rings. The van der Waals surface area contributed by atoms with E-state index in [1.165, 1.54) is 52.5 Å². The van der Waals surface area contributed by atoms with Crippen molar-refractivity contribution in [3.8, 4) is 23.3 Å². The number of amides is 1. The lowest BCUT2D eigenvalue weighted by Crippen LogP contribution is -2.45. The highest BCUT2D eigenvalue weighted by atomic mass is 16.5. The van der Waals surface area contributed by atoms with Crippen LogP contribution in [0.2, 0.25) is 0 Å². The fourth-order valence-electron chi connectivity index (χ4n) is 4.67. The number of hydrogen-bond donors (Lipinski definition) is 1. The monoisotopic (exact) mass is 455 g/mol. The van der Waals surface area contributed by atoms with Crippen molar-refractivity contribution in [2.24, 2.45) is 11.1 Å². The lowest BCUT2D eigenvalue weighted by Gasteiger charge is -2.32. The minimum Gasteiger partial charge on any atom is -0.493 e. The maximum atomic E-state index is 13.2. The average Bonchev–Trinajstić information content (AvgIpc) is 3.13. The Labute approximate surface area is 191 Å². The van der Waals surface area contributed by atoms with E-state index in [2.05, 4.69) is 6.07 Å². The van der Waals surface area contributed by atoms with Gasteiger partial charge in [0.2, 0.25) is 11.7 Å². The van der Waals surface area contributed by atoms with E-state index in [1.807, 2.05) is 0 Å². The Hall–Kier alpha value is -4.00. The Balaban J connectivity index is 2.37. The van der Waals surface area contributed by atoms with Gasteiger partial charge in [0.15, 0.2) is 22.7 Å². The lowest BCUT2D eigenvalue weighted by molar-refractivity contribution is -0.150. The highest BCUT2D eigenvalue weighted by molar-refractivity contribution is 5.97. The van der Waals surface area contributed by atoms with Crippen LogP contribution in [0.15, 0.2) is 36.1 Å². The number of carbonyl (C=O) groups excluding carboxylic acids is 3. The van der Waals surface area contributed by atoms with E-state index in [0.717, 1.165) is 0 Å². The van der Waals surface area contributed by atoms with Crippen LogP contribution < -0.4 is 19.9 Å². The quantitative estimate of drug-likeness (QED) is 0.597. The first-order valence-corrected chi connectivity index (χ1v) is 9.99. The van der Waals surface area contributed by atoms with Gasteiger partial charge in [-0.3, -0.25) is 14.4 Å². The second kappa shape index (κ2) is 8.86. The van der Waals surface area contributed by atoms with Gasteiger partial charge in [-0.15, -0.1) is 0 Å². The summed E-state index contributed by atoms with van der Waals surface area (Å²) >= 11 is 0. The number of Topliss-reactive ketones (excluding diaryl/α,β-unsaturated/α-hetero) is 1. The Morgan fingerprint density at radius 3 is 2.12 bits per heavy atom. The molecular formula is C23H25N3O7. The maximum Gasteiger partial charge on any atom is 0.329 e. The van der Waals surface area contributed by atoms with E-state index >= 15 is 0 Å². The number of ether oxygens (including phenoxy) is 4.